The maximum Gasteiger partial charge on any atom is 0.329 e. The van der Waals surface area contributed by atoms with Crippen molar-refractivity contribution >= 4 is 34.7 Å². The molecule has 39 heavy (non-hydrogen) atoms. The number of ketones is 1. The van der Waals surface area contributed by atoms with E-state index in [-0.39, 0.29) is 23.2 Å². The first-order valence-corrected chi connectivity index (χ1v) is 12.9. The van der Waals surface area contributed by atoms with Gasteiger partial charge in [-0.15, -0.1) is 0 Å². The molecule has 1 fully saturated rings. The first-order chi connectivity index (χ1) is 18.6. The van der Waals surface area contributed by atoms with Crippen LogP contribution < -0.4 is 20.7 Å². The minimum Gasteiger partial charge on any atom is -0.336 e. The number of nitrogens with zero attached hydrogens (tertiary/aromatic N) is 4. The minimum atomic E-state index is -0.276. The zero-order chi connectivity index (χ0) is 27.8. The average Bonchev–Trinajstić information content (AvgIpc) is 3.27. The highest BCUT2D eigenvalue weighted by Crippen LogP contribution is 2.33. The van der Waals surface area contributed by atoms with E-state index in [2.05, 4.69) is 16.4 Å². The van der Waals surface area contributed by atoms with Gasteiger partial charge in [0.2, 0.25) is 0 Å². The van der Waals surface area contributed by atoms with Crippen molar-refractivity contribution in [2.45, 2.75) is 27.7 Å². The lowest BCUT2D eigenvalue weighted by Gasteiger charge is -2.22. The maximum absolute atomic E-state index is 13.5. The van der Waals surface area contributed by atoms with Crippen LogP contribution in [0, 0.1) is 20.8 Å². The second kappa shape index (κ2) is 10.2. The van der Waals surface area contributed by atoms with E-state index in [1.165, 1.54) is 11.5 Å². The molecule has 0 aliphatic carbocycles. The topological polar surface area (TPSA) is 87.5 Å². The van der Waals surface area contributed by atoms with Gasteiger partial charge >= 0.3 is 6.03 Å². The molecule has 1 aliphatic rings. The van der Waals surface area contributed by atoms with E-state index < -0.39 is 0 Å². The molecule has 1 aromatic heterocycles. The first kappa shape index (κ1) is 25.9. The Morgan fingerprint density at radius 3 is 2.23 bits per heavy atom. The van der Waals surface area contributed by atoms with Gasteiger partial charge in [0.15, 0.2) is 11.6 Å². The lowest BCUT2D eigenvalue weighted by Crippen LogP contribution is -2.32. The molecule has 0 atom stereocenters. The molecule has 1 N–H and O–H groups in total. The van der Waals surface area contributed by atoms with Crippen LogP contribution in [0.3, 0.4) is 0 Å². The van der Waals surface area contributed by atoms with Crippen molar-refractivity contribution in [3.8, 4) is 11.3 Å². The second-order valence-electron chi connectivity index (χ2n) is 10.0. The molecule has 1 saturated heterocycles. The van der Waals surface area contributed by atoms with Crippen molar-refractivity contribution in [2.75, 3.05) is 28.2 Å². The van der Waals surface area contributed by atoms with Gasteiger partial charge in [-0.3, -0.25) is 19.4 Å². The number of anilines is 4. The first-order valence-electron chi connectivity index (χ1n) is 12.9. The number of urea groups is 1. The van der Waals surface area contributed by atoms with Crippen molar-refractivity contribution in [1.29, 1.82) is 0 Å². The summed E-state index contributed by atoms with van der Waals surface area (Å²) >= 11 is 0. The molecule has 0 spiro atoms. The minimum absolute atomic E-state index is 0.0263. The zero-order valence-electron chi connectivity index (χ0n) is 22.8. The van der Waals surface area contributed by atoms with E-state index in [1.54, 1.807) is 42.4 Å². The van der Waals surface area contributed by atoms with Crippen molar-refractivity contribution < 1.29 is 9.59 Å². The van der Waals surface area contributed by atoms with Gasteiger partial charge in [0.05, 0.1) is 5.69 Å². The number of rotatable bonds is 6. The molecule has 1 aliphatic heterocycles. The number of hydrogen-bond acceptors (Lipinski definition) is 5. The highest BCUT2D eigenvalue weighted by Gasteiger charge is 2.32. The summed E-state index contributed by atoms with van der Waals surface area (Å²) in [5.74, 6) is 0.148. The van der Waals surface area contributed by atoms with Gasteiger partial charge in [-0.2, -0.15) is 0 Å². The number of hydrogen-bond donors (Lipinski definition) is 1. The largest absolute Gasteiger partial charge is 0.336 e. The highest BCUT2D eigenvalue weighted by atomic mass is 16.2. The quantitative estimate of drug-likeness (QED) is 0.326. The van der Waals surface area contributed by atoms with Gasteiger partial charge in [-0.05, 0) is 86.8 Å². The Balaban J connectivity index is 1.47. The van der Waals surface area contributed by atoms with E-state index in [0.717, 1.165) is 33.6 Å². The third-order valence-corrected chi connectivity index (χ3v) is 7.02. The van der Waals surface area contributed by atoms with Gasteiger partial charge in [0.1, 0.15) is 0 Å². The number of aromatic nitrogens is 2. The normalized spacial score (nSPS) is 13.2. The molecule has 8 nitrogen and oxygen atoms in total. The average molecular weight is 522 g/mol. The standard InChI is InChI=1S/C31H31N5O3/c1-19-15-20(2)17-25(16-19)35-13-14-36(31(35)39)28-8-6-7-26(21(28)3)27-18-34(5)30(38)29(33-27)32-24-11-9-23(10-12-24)22(4)37/h6-12,15-18H,13-14H2,1-5H3,(H,32,33). The fraction of sp³-hybridized carbons (Fsp3) is 0.226. The fourth-order valence-electron chi connectivity index (χ4n) is 5.04. The van der Waals surface area contributed by atoms with Crippen LogP contribution in [0.1, 0.15) is 34.0 Å². The third kappa shape index (κ3) is 5.05. The molecular weight excluding hydrogens is 490 g/mol. The van der Waals surface area contributed by atoms with Gasteiger partial charge in [0, 0.05) is 54.5 Å². The fourth-order valence-corrected chi connectivity index (χ4v) is 5.04. The molecule has 4 aromatic rings. The Bertz CT molecular complexity index is 1640. The number of amides is 2. The van der Waals surface area contributed by atoms with E-state index in [1.807, 2.05) is 56.0 Å². The van der Waals surface area contributed by atoms with Gasteiger partial charge in [-0.25, -0.2) is 9.78 Å². The van der Waals surface area contributed by atoms with Crippen LogP contribution in [0.2, 0.25) is 0 Å². The Labute approximate surface area is 227 Å². The van der Waals surface area contributed by atoms with E-state index in [4.69, 9.17) is 0 Å². The van der Waals surface area contributed by atoms with Crippen LogP contribution in [0.25, 0.3) is 11.3 Å². The summed E-state index contributed by atoms with van der Waals surface area (Å²) in [5.41, 5.74) is 7.26. The lowest BCUT2D eigenvalue weighted by molar-refractivity contribution is 0.101. The number of carbonyl (C=O) groups is 2. The lowest BCUT2D eigenvalue weighted by atomic mass is 10.0. The van der Waals surface area contributed by atoms with Crippen molar-refractivity contribution in [2.24, 2.45) is 7.05 Å². The van der Waals surface area contributed by atoms with Crippen molar-refractivity contribution in [3.63, 3.8) is 0 Å². The van der Waals surface area contributed by atoms with E-state index in [0.29, 0.717) is 30.0 Å². The molecule has 2 amide bonds. The number of carbonyl (C=O) groups excluding carboxylic acids is 2. The smallest absolute Gasteiger partial charge is 0.329 e. The van der Waals surface area contributed by atoms with Crippen LogP contribution in [-0.4, -0.2) is 34.5 Å². The molecule has 8 heteroatoms. The Morgan fingerprint density at radius 2 is 1.56 bits per heavy atom. The van der Waals surface area contributed by atoms with Crippen molar-refractivity contribution in [1.82, 2.24) is 9.55 Å². The van der Waals surface area contributed by atoms with Crippen LogP contribution in [0.5, 0.6) is 0 Å². The summed E-state index contributed by atoms with van der Waals surface area (Å²) in [6.45, 7) is 8.72. The number of Topliss-reactive ketones (excluding diaryl/α,β-unsaturated/α-hetero) is 1. The number of aryl methyl sites for hydroxylation is 3. The van der Waals surface area contributed by atoms with Crippen LogP contribution >= 0.6 is 0 Å². The predicted molar refractivity (Wildman–Crippen MR) is 155 cm³/mol. The molecule has 198 valence electrons. The summed E-state index contributed by atoms with van der Waals surface area (Å²) in [7, 11) is 1.68. The predicted octanol–water partition coefficient (Wildman–Crippen LogP) is 5.77. The van der Waals surface area contributed by atoms with Gasteiger partial charge in [0.25, 0.3) is 5.56 Å². The molecule has 0 radical (unpaired) electrons. The van der Waals surface area contributed by atoms with E-state index in [9.17, 15) is 14.4 Å². The summed E-state index contributed by atoms with van der Waals surface area (Å²) in [5, 5.41) is 3.09. The molecule has 0 unspecified atom stereocenters. The van der Waals surface area contributed by atoms with E-state index >= 15 is 0 Å². The molecular formula is C31H31N5O3. The third-order valence-electron chi connectivity index (χ3n) is 7.02. The SMILES string of the molecule is CC(=O)c1ccc(Nc2nc(-c3cccc(N4CCN(c5cc(C)cc(C)c5)C4=O)c3C)cn(C)c2=O)cc1. The Kier molecular flexibility index (Phi) is 6.78. The Morgan fingerprint density at radius 1 is 0.897 bits per heavy atom. The Hall–Kier alpha value is -4.72. The molecule has 3 aromatic carbocycles. The maximum atomic E-state index is 13.5. The molecule has 0 bridgehead atoms. The summed E-state index contributed by atoms with van der Waals surface area (Å²) in [6, 6.07) is 18.8. The van der Waals surface area contributed by atoms with Crippen molar-refractivity contribution in [3.05, 3.63) is 99.5 Å². The number of nitrogens with one attached hydrogen (secondary N) is 1. The molecule has 5 rings (SSSR count). The summed E-state index contributed by atoms with van der Waals surface area (Å²) in [6.07, 6.45) is 1.70. The van der Waals surface area contributed by atoms with Gasteiger partial charge in [-0.1, -0.05) is 18.2 Å². The van der Waals surface area contributed by atoms with Crippen LogP contribution in [0.4, 0.5) is 27.7 Å². The monoisotopic (exact) mass is 521 g/mol. The zero-order valence-corrected chi connectivity index (χ0v) is 22.8. The summed E-state index contributed by atoms with van der Waals surface area (Å²) in [4.78, 5) is 46.3. The second-order valence-corrected chi connectivity index (χ2v) is 10.0. The highest BCUT2D eigenvalue weighted by molar-refractivity contribution is 6.07. The van der Waals surface area contributed by atoms with Crippen LogP contribution in [-0.2, 0) is 7.05 Å². The summed E-state index contributed by atoms with van der Waals surface area (Å²) < 4.78 is 1.49. The molecule has 2 heterocycles. The molecule has 0 saturated carbocycles. The van der Waals surface area contributed by atoms with Crippen LogP contribution in [0.15, 0.2) is 71.7 Å². The number of benzene rings is 3. The van der Waals surface area contributed by atoms with Gasteiger partial charge < -0.3 is 9.88 Å².